The second-order valence-electron chi connectivity index (χ2n) is 11.4. The molecule has 0 amide bonds. The average Bonchev–Trinajstić information content (AvgIpc) is 2.54. The summed E-state index contributed by atoms with van der Waals surface area (Å²) in [4.78, 5) is 35.2. The van der Waals surface area contributed by atoms with E-state index in [1.54, 1.807) is 0 Å². The number of aliphatic imine (C=N–C) groups is 2. The molecule has 32 heavy (non-hydrogen) atoms. The maximum Gasteiger partial charge on any atom is 0.168 e. The van der Waals surface area contributed by atoms with Gasteiger partial charge in [0.05, 0.1) is 11.1 Å². The number of allylic oxidation sites excluding steroid dienone is 4. The molecule has 2 N–H and O–H groups in total. The summed E-state index contributed by atoms with van der Waals surface area (Å²) in [7, 11) is 0. The Hall–Kier alpha value is -2.24. The Morgan fingerprint density at radius 2 is 1.03 bits per heavy atom. The van der Waals surface area contributed by atoms with Gasteiger partial charge in [-0.15, -0.1) is 0 Å². The van der Waals surface area contributed by atoms with Gasteiger partial charge in [-0.3, -0.25) is 19.6 Å². The van der Waals surface area contributed by atoms with Crippen LogP contribution in [0.1, 0.15) is 93.9 Å². The predicted molar refractivity (Wildman–Crippen MR) is 130 cm³/mol. The molecule has 0 saturated heterocycles. The van der Waals surface area contributed by atoms with Crippen molar-refractivity contribution in [2.75, 3.05) is 0 Å². The number of carbonyl (C=O) groups excluding carboxylic acids is 2. The number of hydrogen-bond donors (Lipinski definition) is 2. The van der Waals surface area contributed by atoms with E-state index in [9.17, 15) is 19.8 Å². The Labute approximate surface area is 192 Å². The first-order valence-electron chi connectivity index (χ1n) is 11.7. The van der Waals surface area contributed by atoms with Gasteiger partial charge in [0.2, 0.25) is 0 Å². The number of ketones is 2. The molecule has 2 aliphatic carbocycles. The molecule has 0 fully saturated rings. The van der Waals surface area contributed by atoms with Crippen molar-refractivity contribution in [2.24, 2.45) is 20.8 Å². The van der Waals surface area contributed by atoms with Crippen molar-refractivity contribution in [3.63, 3.8) is 0 Å². The van der Waals surface area contributed by atoms with Crippen LogP contribution < -0.4 is 0 Å². The first kappa shape index (κ1) is 26.0. The van der Waals surface area contributed by atoms with Gasteiger partial charge in [0.15, 0.2) is 11.6 Å². The number of hydrogen-bond acceptors (Lipinski definition) is 6. The van der Waals surface area contributed by atoms with Crippen molar-refractivity contribution in [3.8, 4) is 0 Å². The molecule has 0 radical (unpaired) electrons. The molecule has 6 heteroatoms. The van der Waals surface area contributed by atoms with Crippen molar-refractivity contribution in [2.45, 2.75) is 106 Å². The lowest BCUT2D eigenvalue weighted by Gasteiger charge is -2.31. The maximum atomic E-state index is 12.9. The van der Waals surface area contributed by atoms with Gasteiger partial charge in [-0.1, -0.05) is 27.7 Å². The van der Waals surface area contributed by atoms with E-state index in [0.29, 0.717) is 61.1 Å². The van der Waals surface area contributed by atoms with E-state index in [1.165, 1.54) is 0 Å². The second kappa shape index (κ2) is 9.72. The van der Waals surface area contributed by atoms with Gasteiger partial charge in [0.1, 0.15) is 11.5 Å². The average molecular weight is 445 g/mol. The minimum atomic E-state index is -0.282. The molecule has 0 bridgehead atoms. The van der Waals surface area contributed by atoms with Crippen LogP contribution in [0.5, 0.6) is 0 Å². The van der Waals surface area contributed by atoms with Crippen molar-refractivity contribution >= 4 is 23.0 Å². The van der Waals surface area contributed by atoms with E-state index in [-0.39, 0.29) is 46.0 Å². The monoisotopic (exact) mass is 444 g/mol. The van der Waals surface area contributed by atoms with Gasteiger partial charge >= 0.3 is 0 Å². The standard InChI is InChI=1S/C26H40N2O4/c1-15(2)27-17(23-19(29)11-25(5,6)12-20(23)30)9-10-18(28-16(3)4)24-21(31)13-26(7,8)14-22(24)32/h15-16,29,31H,9-14H2,1-8H3. The van der Waals surface area contributed by atoms with Crippen molar-refractivity contribution in [1.29, 1.82) is 0 Å². The molecular formula is C26H40N2O4. The zero-order valence-electron chi connectivity index (χ0n) is 21.0. The number of aliphatic hydroxyl groups is 2. The van der Waals surface area contributed by atoms with E-state index < -0.39 is 0 Å². The Morgan fingerprint density at radius 1 is 0.719 bits per heavy atom. The number of aliphatic hydroxyl groups excluding tert-OH is 2. The highest BCUT2D eigenvalue weighted by molar-refractivity contribution is 6.26. The van der Waals surface area contributed by atoms with Crippen LogP contribution in [0.15, 0.2) is 32.6 Å². The number of carbonyl (C=O) groups is 2. The zero-order chi connectivity index (χ0) is 24.4. The maximum absolute atomic E-state index is 12.9. The molecule has 0 spiro atoms. The van der Waals surface area contributed by atoms with Crippen LogP contribution in [-0.4, -0.2) is 45.3 Å². The molecule has 2 aliphatic rings. The number of Topliss-reactive ketones (excluding diaryl/α,β-unsaturated/α-hetero) is 2. The lowest BCUT2D eigenvalue weighted by molar-refractivity contribution is -0.118. The topological polar surface area (TPSA) is 99.3 Å². The van der Waals surface area contributed by atoms with E-state index >= 15 is 0 Å². The fraction of sp³-hybridized carbons (Fsp3) is 0.692. The van der Waals surface area contributed by atoms with Crippen molar-refractivity contribution in [3.05, 3.63) is 22.7 Å². The Balaban J connectivity index is 2.42. The summed E-state index contributed by atoms with van der Waals surface area (Å²) < 4.78 is 0. The van der Waals surface area contributed by atoms with E-state index in [0.717, 1.165) is 0 Å². The van der Waals surface area contributed by atoms with Crippen LogP contribution in [0.2, 0.25) is 0 Å². The van der Waals surface area contributed by atoms with Crippen molar-refractivity contribution in [1.82, 2.24) is 0 Å². The van der Waals surface area contributed by atoms with Crippen LogP contribution in [0, 0.1) is 10.8 Å². The first-order chi connectivity index (χ1) is 14.6. The highest BCUT2D eigenvalue weighted by Crippen LogP contribution is 2.38. The molecule has 6 nitrogen and oxygen atoms in total. The third-order valence-electron chi connectivity index (χ3n) is 5.71. The summed E-state index contributed by atoms with van der Waals surface area (Å²) >= 11 is 0. The lowest BCUT2D eigenvalue weighted by Crippen LogP contribution is -2.31. The second-order valence-corrected chi connectivity index (χ2v) is 11.4. The molecule has 0 unspecified atom stereocenters. The van der Waals surface area contributed by atoms with Crippen LogP contribution in [0.25, 0.3) is 0 Å². The lowest BCUT2D eigenvalue weighted by atomic mass is 9.74. The molecule has 2 rings (SSSR count). The number of nitrogens with zero attached hydrogens (tertiary/aromatic N) is 2. The van der Waals surface area contributed by atoms with Gasteiger partial charge in [0.25, 0.3) is 0 Å². The molecule has 178 valence electrons. The smallest absolute Gasteiger partial charge is 0.168 e. The van der Waals surface area contributed by atoms with Gasteiger partial charge in [-0.25, -0.2) is 0 Å². The minimum Gasteiger partial charge on any atom is -0.511 e. The predicted octanol–water partition coefficient (Wildman–Crippen LogP) is 5.87. The van der Waals surface area contributed by atoms with Crippen LogP contribution in [0.3, 0.4) is 0 Å². The molecule has 0 atom stereocenters. The molecule has 0 aromatic heterocycles. The van der Waals surface area contributed by atoms with Crippen LogP contribution in [0.4, 0.5) is 0 Å². The fourth-order valence-electron chi connectivity index (χ4n) is 4.60. The van der Waals surface area contributed by atoms with Gasteiger partial charge in [-0.05, 0) is 51.4 Å². The van der Waals surface area contributed by atoms with Crippen molar-refractivity contribution < 1.29 is 19.8 Å². The van der Waals surface area contributed by atoms with Gasteiger partial charge < -0.3 is 10.2 Å². The third-order valence-corrected chi connectivity index (χ3v) is 5.71. The summed E-state index contributed by atoms with van der Waals surface area (Å²) in [5.41, 5.74) is 1.18. The summed E-state index contributed by atoms with van der Waals surface area (Å²) in [6, 6.07) is -0.105. The highest BCUT2D eigenvalue weighted by Gasteiger charge is 2.37. The van der Waals surface area contributed by atoms with Crippen LogP contribution in [-0.2, 0) is 9.59 Å². The Bertz CT molecular complexity index is 825. The molecule has 0 aliphatic heterocycles. The normalized spacial score (nSPS) is 22.4. The zero-order valence-corrected chi connectivity index (χ0v) is 21.0. The Kier molecular flexibility index (Phi) is 7.90. The number of rotatable bonds is 7. The van der Waals surface area contributed by atoms with E-state index in [2.05, 4.69) is 9.98 Å². The highest BCUT2D eigenvalue weighted by atomic mass is 16.3. The van der Waals surface area contributed by atoms with Gasteiger partial charge in [-0.2, -0.15) is 0 Å². The minimum absolute atomic E-state index is 0.0525. The Morgan fingerprint density at radius 3 is 1.28 bits per heavy atom. The first-order valence-corrected chi connectivity index (χ1v) is 11.7. The summed E-state index contributed by atoms with van der Waals surface area (Å²) in [6.07, 6.45) is 2.30. The molecular weight excluding hydrogens is 404 g/mol. The summed E-state index contributed by atoms with van der Waals surface area (Å²) in [5.74, 6) is -0.0211. The van der Waals surface area contributed by atoms with E-state index in [1.807, 2.05) is 55.4 Å². The molecule has 0 heterocycles. The SMILES string of the molecule is CC(C)N=C(CCC(=NC(C)C)C1=C(O)CC(C)(C)CC1=O)C1=C(O)CC(C)(C)CC1=O. The fourth-order valence-corrected chi connectivity index (χ4v) is 4.60. The summed E-state index contributed by atoms with van der Waals surface area (Å²) in [5, 5.41) is 21.4. The van der Waals surface area contributed by atoms with Crippen LogP contribution >= 0.6 is 0 Å². The third kappa shape index (κ3) is 6.63. The van der Waals surface area contributed by atoms with Gasteiger partial charge in [0, 0.05) is 49.2 Å². The largest absolute Gasteiger partial charge is 0.511 e. The molecule has 0 aromatic rings. The van der Waals surface area contributed by atoms with E-state index in [4.69, 9.17) is 0 Å². The molecule has 0 aromatic carbocycles. The quantitative estimate of drug-likeness (QED) is 0.480. The molecule has 0 saturated carbocycles. The summed E-state index contributed by atoms with van der Waals surface area (Å²) in [6.45, 7) is 15.6.